The Morgan fingerprint density at radius 1 is 1.06 bits per heavy atom. The average Bonchev–Trinajstić information content (AvgIpc) is 2.21. The van der Waals surface area contributed by atoms with Crippen LogP contribution in [0, 0.1) is 5.92 Å². The average molecular weight is 227 g/mol. The minimum absolute atomic E-state index is 0.309. The van der Waals surface area contributed by atoms with Gasteiger partial charge in [0, 0.05) is 20.0 Å². The van der Waals surface area contributed by atoms with E-state index in [-0.39, 0.29) is 0 Å². The zero-order valence-corrected chi connectivity index (χ0v) is 11.6. The van der Waals surface area contributed by atoms with Crippen LogP contribution in [0.15, 0.2) is 0 Å². The Kier molecular flexibility index (Phi) is 9.36. The molecule has 2 nitrogen and oxygen atoms in total. The fourth-order valence-electron chi connectivity index (χ4n) is 1.90. The van der Waals surface area contributed by atoms with Gasteiger partial charge in [-0.05, 0) is 12.3 Å². The van der Waals surface area contributed by atoms with Crippen molar-refractivity contribution in [2.24, 2.45) is 5.92 Å². The zero-order chi connectivity index (χ0) is 12.4. The highest BCUT2D eigenvalue weighted by atomic mass is 16.2. The molecule has 0 spiro atoms. The van der Waals surface area contributed by atoms with E-state index >= 15 is 0 Å². The van der Waals surface area contributed by atoms with E-state index in [4.69, 9.17) is 0 Å². The lowest BCUT2D eigenvalue weighted by molar-refractivity contribution is -0.130. The molecule has 0 aromatic rings. The van der Waals surface area contributed by atoms with Crippen LogP contribution in [-0.2, 0) is 4.79 Å². The molecule has 1 amide bonds. The molecule has 0 aliphatic carbocycles. The quantitative estimate of drug-likeness (QED) is 0.548. The number of hydrogen-bond acceptors (Lipinski definition) is 1. The molecule has 0 atom stereocenters. The number of nitrogens with zero attached hydrogens (tertiary/aromatic N) is 1. The maximum atomic E-state index is 11.7. The molecule has 0 saturated heterocycles. The number of carbonyl (C=O) groups is 1. The van der Waals surface area contributed by atoms with Gasteiger partial charge in [-0.25, -0.2) is 0 Å². The van der Waals surface area contributed by atoms with Crippen molar-refractivity contribution < 1.29 is 4.79 Å². The van der Waals surface area contributed by atoms with Gasteiger partial charge < -0.3 is 4.90 Å². The first-order valence-corrected chi connectivity index (χ1v) is 6.81. The molecular formula is C14H29NO. The predicted molar refractivity (Wildman–Crippen MR) is 70.5 cm³/mol. The number of unbranched alkanes of at least 4 members (excludes halogenated alkanes) is 5. The van der Waals surface area contributed by atoms with E-state index in [0.29, 0.717) is 11.8 Å². The first-order chi connectivity index (χ1) is 7.57. The van der Waals surface area contributed by atoms with Crippen LogP contribution in [0.5, 0.6) is 0 Å². The van der Waals surface area contributed by atoms with Crippen LogP contribution in [0.25, 0.3) is 0 Å². The lowest BCUT2D eigenvalue weighted by Crippen LogP contribution is -2.29. The minimum Gasteiger partial charge on any atom is -0.346 e. The number of hydrogen-bond donors (Lipinski definition) is 0. The zero-order valence-electron chi connectivity index (χ0n) is 11.6. The van der Waals surface area contributed by atoms with Crippen LogP contribution < -0.4 is 0 Å². The molecule has 0 radical (unpaired) electrons. The second-order valence-corrected chi connectivity index (χ2v) is 5.19. The summed E-state index contributed by atoms with van der Waals surface area (Å²) in [4.78, 5) is 13.6. The Bertz CT molecular complexity index is 178. The van der Waals surface area contributed by atoms with E-state index in [1.807, 2.05) is 11.9 Å². The van der Waals surface area contributed by atoms with Crippen molar-refractivity contribution in [2.45, 2.75) is 65.7 Å². The van der Waals surface area contributed by atoms with Gasteiger partial charge in [0.05, 0.1) is 0 Å². The summed E-state index contributed by atoms with van der Waals surface area (Å²) in [5.41, 5.74) is 0. The summed E-state index contributed by atoms with van der Waals surface area (Å²) in [5.74, 6) is 0.877. The summed E-state index contributed by atoms with van der Waals surface area (Å²) < 4.78 is 0. The molecule has 0 aromatic carbocycles. The van der Waals surface area contributed by atoms with E-state index in [0.717, 1.165) is 19.4 Å². The normalized spacial score (nSPS) is 10.8. The van der Waals surface area contributed by atoms with Gasteiger partial charge in [-0.1, -0.05) is 52.9 Å². The molecule has 96 valence electrons. The van der Waals surface area contributed by atoms with Gasteiger partial charge in [-0.15, -0.1) is 0 Å². The van der Waals surface area contributed by atoms with Gasteiger partial charge in [0.1, 0.15) is 0 Å². The standard InChI is InChI=1S/C14H29NO/c1-5-6-7-8-9-10-11-14(16)15(4)12-13(2)3/h13H,5-12H2,1-4H3. The van der Waals surface area contributed by atoms with Crippen LogP contribution in [0.3, 0.4) is 0 Å². The van der Waals surface area contributed by atoms with Crippen molar-refractivity contribution in [3.8, 4) is 0 Å². The molecule has 0 saturated carbocycles. The minimum atomic E-state index is 0.309. The van der Waals surface area contributed by atoms with E-state index in [2.05, 4.69) is 20.8 Å². The van der Waals surface area contributed by atoms with E-state index in [9.17, 15) is 4.79 Å². The Hall–Kier alpha value is -0.530. The molecule has 0 rings (SSSR count). The van der Waals surface area contributed by atoms with Gasteiger partial charge in [0.25, 0.3) is 0 Å². The lowest BCUT2D eigenvalue weighted by atomic mass is 10.1. The summed E-state index contributed by atoms with van der Waals surface area (Å²) >= 11 is 0. The van der Waals surface area contributed by atoms with Gasteiger partial charge in [0.15, 0.2) is 0 Å². The summed E-state index contributed by atoms with van der Waals surface area (Å²) in [6.45, 7) is 7.40. The van der Waals surface area contributed by atoms with Gasteiger partial charge in [0.2, 0.25) is 5.91 Å². The molecule has 0 fully saturated rings. The Morgan fingerprint density at radius 3 is 2.19 bits per heavy atom. The first-order valence-electron chi connectivity index (χ1n) is 6.81. The fourth-order valence-corrected chi connectivity index (χ4v) is 1.90. The van der Waals surface area contributed by atoms with Crippen molar-refractivity contribution in [3.05, 3.63) is 0 Å². The molecule has 16 heavy (non-hydrogen) atoms. The fraction of sp³-hybridized carbons (Fsp3) is 0.929. The highest BCUT2D eigenvalue weighted by molar-refractivity contribution is 5.75. The number of rotatable bonds is 9. The van der Waals surface area contributed by atoms with Crippen molar-refractivity contribution in [2.75, 3.05) is 13.6 Å². The monoisotopic (exact) mass is 227 g/mol. The molecule has 0 N–H and O–H groups in total. The summed E-state index contributed by atoms with van der Waals surface area (Å²) in [5, 5.41) is 0. The maximum Gasteiger partial charge on any atom is 0.222 e. The molecule has 0 heterocycles. The van der Waals surface area contributed by atoms with Crippen molar-refractivity contribution in [1.29, 1.82) is 0 Å². The first kappa shape index (κ1) is 15.5. The van der Waals surface area contributed by atoms with Crippen molar-refractivity contribution in [1.82, 2.24) is 4.90 Å². The van der Waals surface area contributed by atoms with Crippen molar-refractivity contribution >= 4 is 5.91 Å². The van der Waals surface area contributed by atoms with E-state index in [1.54, 1.807) is 0 Å². The molecule has 0 bridgehead atoms. The van der Waals surface area contributed by atoms with Gasteiger partial charge in [-0.2, -0.15) is 0 Å². The summed E-state index contributed by atoms with van der Waals surface area (Å²) in [6, 6.07) is 0. The highest BCUT2D eigenvalue weighted by Gasteiger charge is 2.09. The topological polar surface area (TPSA) is 20.3 Å². The van der Waals surface area contributed by atoms with Crippen LogP contribution in [0.2, 0.25) is 0 Å². The van der Waals surface area contributed by atoms with Crippen molar-refractivity contribution in [3.63, 3.8) is 0 Å². The molecule has 0 aromatic heterocycles. The SMILES string of the molecule is CCCCCCCCC(=O)N(C)CC(C)C. The van der Waals surface area contributed by atoms with Gasteiger partial charge >= 0.3 is 0 Å². The Balaban J connectivity index is 3.42. The molecular weight excluding hydrogens is 198 g/mol. The third-order valence-corrected chi connectivity index (χ3v) is 2.81. The second-order valence-electron chi connectivity index (χ2n) is 5.19. The maximum absolute atomic E-state index is 11.7. The summed E-state index contributed by atoms with van der Waals surface area (Å²) in [7, 11) is 1.92. The second kappa shape index (κ2) is 9.68. The molecule has 2 heteroatoms. The van der Waals surface area contributed by atoms with Crippen LogP contribution in [-0.4, -0.2) is 24.4 Å². The van der Waals surface area contributed by atoms with E-state index < -0.39 is 0 Å². The lowest BCUT2D eigenvalue weighted by Gasteiger charge is -2.19. The Labute approximate surface area is 101 Å². The molecule has 0 unspecified atom stereocenters. The number of amides is 1. The third-order valence-electron chi connectivity index (χ3n) is 2.81. The smallest absolute Gasteiger partial charge is 0.222 e. The third kappa shape index (κ3) is 8.75. The molecule has 0 aliphatic rings. The largest absolute Gasteiger partial charge is 0.346 e. The van der Waals surface area contributed by atoms with Crippen LogP contribution in [0.4, 0.5) is 0 Å². The van der Waals surface area contributed by atoms with Crippen LogP contribution in [0.1, 0.15) is 65.7 Å². The molecule has 0 aliphatic heterocycles. The van der Waals surface area contributed by atoms with Gasteiger partial charge in [-0.3, -0.25) is 4.79 Å². The van der Waals surface area contributed by atoms with Crippen LogP contribution >= 0.6 is 0 Å². The predicted octanol–water partition coefficient (Wildman–Crippen LogP) is 3.85. The van der Waals surface area contributed by atoms with E-state index in [1.165, 1.54) is 32.1 Å². The summed E-state index contributed by atoms with van der Waals surface area (Å²) in [6.07, 6.45) is 8.24. The highest BCUT2D eigenvalue weighted by Crippen LogP contribution is 2.08. The Morgan fingerprint density at radius 2 is 1.62 bits per heavy atom. The number of carbonyl (C=O) groups excluding carboxylic acids is 1.